The SMILES string of the molecule is Cc1cc(Cl)cc(C=NNC(=O)c2ccc([N+](=O)[O-])cn2)c1O. The highest BCUT2D eigenvalue weighted by molar-refractivity contribution is 6.31. The van der Waals surface area contributed by atoms with Gasteiger partial charge in [0.2, 0.25) is 0 Å². The van der Waals surface area contributed by atoms with E-state index in [0.717, 1.165) is 12.3 Å². The molecule has 23 heavy (non-hydrogen) atoms. The number of hydrogen-bond donors (Lipinski definition) is 2. The van der Waals surface area contributed by atoms with Crippen LogP contribution in [0.1, 0.15) is 21.6 Å². The molecule has 1 amide bonds. The Balaban J connectivity index is 2.08. The van der Waals surface area contributed by atoms with Crippen LogP contribution in [0.15, 0.2) is 35.6 Å². The fourth-order valence-electron chi connectivity index (χ4n) is 1.71. The number of nitro groups is 1. The number of halogens is 1. The van der Waals surface area contributed by atoms with Crippen LogP contribution >= 0.6 is 11.6 Å². The number of aromatic hydroxyl groups is 1. The van der Waals surface area contributed by atoms with Gasteiger partial charge in [-0.2, -0.15) is 5.10 Å². The van der Waals surface area contributed by atoms with Crippen molar-refractivity contribution in [1.29, 1.82) is 0 Å². The number of hydrogen-bond acceptors (Lipinski definition) is 6. The third kappa shape index (κ3) is 4.01. The van der Waals surface area contributed by atoms with Crippen molar-refractivity contribution >= 4 is 29.4 Å². The normalized spacial score (nSPS) is 10.7. The predicted octanol–water partition coefficient (Wildman–Crippen LogP) is 2.42. The number of aryl methyl sites for hydroxylation is 1. The third-order valence-electron chi connectivity index (χ3n) is 2.86. The lowest BCUT2D eigenvalue weighted by Gasteiger charge is -2.04. The van der Waals surface area contributed by atoms with E-state index < -0.39 is 10.8 Å². The summed E-state index contributed by atoms with van der Waals surface area (Å²) in [5.41, 5.74) is 2.87. The molecule has 2 aromatic rings. The Hall–Kier alpha value is -3.00. The molecule has 2 N–H and O–H groups in total. The first-order valence-electron chi connectivity index (χ1n) is 6.31. The first kappa shape index (κ1) is 16.4. The Morgan fingerprint density at radius 3 is 2.83 bits per heavy atom. The fourth-order valence-corrected chi connectivity index (χ4v) is 1.99. The Bertz CT molecular complexity index is 790. The van der Waals surface area contributed by atoms with E-state index in [1.807, 2.05) is 0 Å². The van der Waals surface area contributed by atoms with Gasteiger partial charge in [0.05, 0.1) is 11.1 Å². The van der Waals surface area contributed by atoms with Crippen molar-refractivity contribution in [3.05, 3.63) is 62.4 Å². The van der Waals surface area contributed by atoms with Crippen LogP contribution in [-0.4, -0.2) is 27.1 Å². The van der Waals surface area contributed by atoms with Crippen molar-refractivity contribution in [3.63, 3.8) is 0 Å². The number of rotatable bonds is 4. The summed E-state index contributed by atoms with van der Waals surface area (Å²) in [6.45, 7) is 1.68. The molecule has 0 bridgehead atoms. The summed E-state index contributed by atoms with van der Waals surface area (Å²) < 4.78 is 0. The number of nitrogens with zero attached hydrogens (tertiary/aromatic N) is 3. The van der Waals surface area contributed by atoms with Crippen molar-refractivity contribution in [2.24, 2.45) is 5.10 Å². The molecule has 2 rings (SSSR count). The van der Waals surface area contributed by atoms with Gasteiger partial charge in [0, 0.05) is 16.7 Å². The van der Waals surface area contributed by atoms with Gasteiger partial charge < -0.3 is 5.11 Å². The number of pyridine rings is 1. The average Bonchev–Trinajstić information content (AvgIpc) is 2.51. The predicted molar refractivity (Wildman–Crippen MR) is 83.8 cm³/mol. The molecule has 8 nitrogen and oxygen atoms in total. The van der Waals surface area contributed by atoms with Gasteiger partial charge in [0.25, 0.3) is 11.6 Å². The number of carbonyl (C=O) groups is 1. The Labute approximate surface area is 135 Å². The topological polar surface area (TPSA) is 118 Å². The molecule has 0 radical (unpaired) electrons. The largest absolute Gasteiger partial charge is 0.507 e. The van der Waals surface area contributed by atoms with Crippen LogP contribution in [0, 0.1) is 17.0 Å². The molecule has 0 spiro atoms. The number of phenols is 1. The Morgan fingerprint density at radius 2 is 2.22 bits per heavy atom. The third-order valence-corrected chi connectivity index (χ3v) is 3.07. The van der Waals surface area contributed by atoms with E-state index in [4.69, 9.17) is 11.6 Å². The smallest absolute Gasteiger partial charge is 0.289 e. The van der Waals surface area contributed by atoms with Gasteiger partial charge in [-0.15, -0.1) is 0 Å². The lowest BCUT2D eigenvalue weighted by Crippen LogP contribution is -2.18. The molecule has 0 aliphatic heterocycles. The maximum absolute atomic E-state index is 11.8. The molecular formula is C14H11ClN4O4. The van der Waals surface area contributed by atoms with Gasteiger partial charge in [-0.3, -0.25) is 14.9 Å². The maximum atomic E-state index is 11.8. The highest BCUT2D eigenvalue weighted by Gasteiger charge is 2.10. The molecule has 0 aliphatic rings. The highest BCUT2D eigenvalue weighted by atomic mass is 35.5. The van der Waals surface area contributed by atoms with Gasteiger partial charge >= 0.3 is 0 Å². The number of hydrazone groups is 1. The zero-order valence-corrected chi connectivity index (χ0v) is 12.6. The van der Waals surface area contributed by atoms with Crippen LogP contribution in [0.2, 0.25) is 5.02 Å². The molecule has 0 fully saturated rings. The number of benzene rings is 1. The number of phenolic OH excluding ortho intramolecular Hbond substituents is 1. The lowest BCUT2D eigenvalue weighted by atomic mass is 10.1. The lowest BCUT2D eigenvalue weighted by molar-refractivity contribution is -0.385. The minimum atomic E-state index is -0.644. The molecule has 118 valence electrons. The Kier molecular flexibility index (Phi) is 4.87. The molecule has 9 heteroatoms. The minimum Gasteiger partial charge on any atom is -0.507 e. The summed E-state index contributed by atoms with van der Waals surface area (Å²) in [7, 11) is 0. The summed E-state index contributed by atoms with van der Waals surface area (Å²) in [6, 6.07) is 5.46. The molecule has 1 heterocycles. The molecule has 1 aromatic heterocycles. The molecule has 1 aromatic carbocycles. The maximum Gasteiger partial charge on any atom is 0.289 e. The number of amides is 1. The first-order valence-corrected chi connectivity index (χ1v) is 6.69. The fraction of sp³-hybridized carbons (Fsp3) is 0.0714. The standard InChI is InChI=1S/C14H11ClN4O4/c1-8-4-10(15)5-9(13(8)20)6-17-18-14(21)12-3-2-11(7-16-12)19(22)23/h2-7,20H,1H3,(H,18,21). The van der Waals surface area contributed by atoms with Crippen molar-refractivity contribution in [1.82, 2.24) is 10.4 Å². The van der Waals surface area contributed by atoms with Gasteiger partial charge in [0.1, 0.15) is 17.6 Å². The van der Waals surface area contributed by atoms with Crippen LogP contribution in [0.5, 0.6) is 5.75 Å². The van der Waals surface area contributed by atoms with Crippen LogP contribution in [-0.2, 0) is 0 Å². The average molecular weight is 335 g/mol. The van der Waals surface area contributed by atoms with Crippen LogP contribution in [0.4, 0.5) is 5.69 Å². The molecule has 0 atom stereocenters. The summed E-state index contributed by atoms with van der Waals surface area (Å²) in [6.07, 6.45) is 2.21. The van der Waals surface area contributed by atoms with Gasteiger partial charge in [-0.25, -0.2) is 10.4 Å². The van der Waals surface area contributed by atoms with Gasteiger partial charge in [-0.05, 0) is 30.7 Å². The molecule has 0 saturated carbocycles. The van der Waals surface area contributed by atoms with E-state index in [-0.39, 0.29) is 17.1 Å². The molecule has 0 unspecified atom stereocenters. The monoisotopic (exact) mass is 334 g/mol. The number of carbonyl (C=O) groups excluding carboxylic acids is 1. The number of nitrogens with one attached hydrogen (secondary N) is 1. The molecular weight excluding hydrogens is 324 g/mol. The number of aromatic nitrogens is 1. The van der Waals surface area contributed by atoms with Crippen molar-refractivity contribution in [3.8, 4) is 5.75 Å². The summed E-state index contributed by atoms with van der Waals surface area (Å²) in [4.78, 5) is 25.4. The second-order valence-corrected chi connectivity index (χ2v) is 4.95. The van der Waals surface area contributed by atoms with E-state index in [2.05, 4.69) is 15.5 Å². The summed E-state index contributed by atoms with van der Waals surface area (Å²) in [5.74, 6) is -0.643. The second kappa shape index (κ2) is 6.84. The van der Waals surface area contributed by atoms with E-state index >= 15 is 0 Å². The molecule has 0 saturated heterocycles. The van der Waals surface area contributed by atoms with E-state index in [1.165, 1.54) is 18.3 Å². The first-order chi connectivity index (χ1) is 10.9. The summed E-state index contributed by atoms with van der Waals surface area (Å²) >= 11 is 5.87. The van der Waals surface area contributed by atoms with Crippen molar-refractivity contribution in [2.75, 3.05) is 0 Å². The van der Waals surface area contributed by atoms with Crippen LogP contribution in [0.25, 0.3) is 0 Å². The van der Waals surface area contributed by atoms with Crippen molar-refractivity contribution in [2.45, 2.75) is 6.92 Å². The summed E-state index contributed by atoms with van der Waals surface area (Å²) in [5, 5.41) is 24.5. The Morgan fingerprint density at radius 1 is 1.48 bits per heavy atom. The van der Waals surface area contributed by atoms with Gasteiger partial charge in [0.15, 0.2) is 0 Å². The van der Waals surface area contributed by atoms with E-state index in [1.54, 1.807) is 13.0 Å². The van der Waals surface area contributed by atoms with Gasteiger partial charge in [-0.1, -0.05) is 11.6 Å². The van der Waals surface area contributed by atoms with Crippen LogP contribution < -0.4 is 5.43 Å². The van der Waals surface area contributed by atoms with E-state index in [0.29, 0.717) is 16.1 Å². The minimum absolute atomic E-state index is 0.000796. The second-order valence-electron chi connectivity index (χ2n) is 4.52. The quantitative estimate of drug-likeness (QED) is 0.505. The van der Waals surface area contributed by atoms with Crippen LogP contribution in [0.3, 0.4) is 0 Å². The molecule has 0 aliphatic carbocycles. The van der Waals surface area contributed by atoms with E-state index in [9.17, 15) is 20.0 Å². The highest BCUT2D eigenvalue weighted by Crippen LogP contribution is 2.24. The van der Waals surface area contributed by atoms with Crippen molar-refractivity contribution < 1.29 is 14.8 Å². The zero-order chi connectivity index (χ0) is 17.0. The zero-order valence-electron chi connectivity index (χ0n) is 11.9.